The van der Waals surface area contributed by atoms with Gasteiger partial charge in [-0.25, -0.2) is 9.98 Å². The van der Waals surface area contributed by atoms with Crippen LogP contribution in [0.1, 0.15) is 18.1 Å². The summed E-state index contributed by atoms with van der Waals surface area (Å²) in [6, 6.07) is 15.4. The molecule has 2 heterocycles. The summed E-state index contributed by atoms with van der Waals surface area (Å²) in [6.45, 7) is 4.49. The molecule has 1 spiro atoms. The van der Waals surface area contributed by atoms with E-state index in [9.17, 15) is 4.79 Å². The molecule has 4 N–H and O–H groups in total. The Morgan fingerprint density at radius 1 is 1.15 bits per heavy atom. The second kappa shape index (κ2) is 5.87. The van der Waals surface area contributed by atoms with Crippen molar-refractivity contribution >= 4 is 29.2 Å². The van der Waals surface area contributed by atoms with Gasteiger partial charge in [0, 0.05) is 17.8 Å². The van der Waals surface area contributed by atoms with Crippen molar-refractivity contribution in [1.82, 2.24) is 5.32 Å². The maximum Gasteiger partial charge on any atom is 0.282 e. The van der Waals surface area contributed by atoms with Gasteiger partial charge in [-0.3, -0.25) is 10.1 Å². The SMILES string of the molecule is CCN1C(=O)C2(N=C(N)NC(Nc3ccc(C)cc3)=N2)c2ccccc21. The zero-order valence-corrected chi connectivity index (χ0v) is 14.7. The summed E-state index contributed by atoms with van der Waals surface area (Å²) >= 11 is 0. The lowest BCUT2D eigenvalue weighted by atomic mass is 10.0. The van der Waals surface area contributed by atoms with Crippen LogP contribution in [0, 0.1) is 6.92 Å². The van der Waals surface area contributed by atoms with Gasteiger partial charge >= 0.3 is 0 Å². The van der Waals surface area contributed by atoms with Gasteiger partial charge in [0.15, 0.2) is 5.96 Å². The van der Waals surface area contributed by atoms with Crippen LogP contribution in [0.2, 0.25) is 0 Å². The van der Waals surface area contributed by atoms with Crippen LogP contribution in [-0.4, -0.2) is 24.4 Å². The summed E-state index contributed by atoms with van der Waals surface area (Å²) < 4.78 is 0. The number of carbonyl (C=O) groups is 1. The van der Waals surface area contributed by atoms with Gasteiger partial charge in [0.2, 0.25) is 5.96 Å². The summed E-state index contributed by atoms with van der Waals surface area (Å²) in [5.74, 6) is 0.340. The fraction of sp³-hybridized carbons (Fsp3) is 0.211. The first kappa shape index (κ1) is 16.1. The standard InChI is InChI=1S/C19H20N6O/c1-3-25-15-7-5-4-6-14(15)19(16(25)26)23-17(20)22-18(24-19)21-13-10-8-12(2)9-11-13/h4-11H,3H2,1-2H3,(H4,20,21,22,23,24). The number of carbonyl (C=O) groups excluding carboxylic acids is 1. The number of aliphatic imine (C=N–C) groups is 2. The number of fused-ring (bicyclic) bond motifs is 2. The number of guanidine groups is 2. The van der Waals surface area contributed by atoms with Crippen LogP contribution in [-0.2, 0) is 10.5 Å². The summed E-state index contributed by atoms with van der Waals surface area (Å²) in [5, 5.41) is 6.09. The molecule has 0 fully saturated rings. The predicted octanol–water partition coefficient (Wildman–Crippen LogP) is 1.90. The summed E-state index contributed by atoms with van der Waals surface area (Å²) in [7, 11) is 0. The van der Waals surface area contributed by atoms with Crippen LogP contribution in [0.4, 0.5) is 11.4 Å². The predicted molar refractivity (Wildman–Crippen MR) is 103 cm³/mol. The maximum absolute atomic E-state index is 13.2. The van der Waals surface area contributed by atoms with Crippen LogP contribution in [0.15, 0.2) is 58.5 Å². The van der Waals surface area contributed by atoms with Crippen LogP contribution in [0.25, 0.3) is 0 Å². The molecular weight excluding hydrogens is 328 g/mol. The topological polar surface area (TPSA) is 95.1 Å². The molecule has 7 nitrogen and oxygen atoms in total. The number of rotatable bonds is 2. The molecule has 0 aliphatic carbocycles. The zero-order chi connectivity index (χ0) is 18.3. The number of amides is 1. The zero-order valence-electron chi connectivity index (χ0n) is 14.7. The van der Waals surface area contributed by atoms with E-state index in [0.717, 1.165) is 22.5 Å². The number of hydrogen-bond donors (Lipinski definition) is 3. The largest absolute Gasteiger partial charge is 0.370 e. The molecule has 2 aliphatic rings. The Morgan fingerprint density at radius 3 is 2.62 bits per heavy atom. The third kappa shape index (κ3) is 2.40. The second-order valence-electron chi connectivity index (χ2n) is 6.31. The number of aryl methyl sites for hydroxylation is 1. The van der Waals surface area contributed by atoms with Crippen molar-refractivity contribution in [2.75, 3.05) is 16.8 Å². The summed E-state index contributed by atoms with van der Waals surface area (Å²) in [6.07, 6.45) is 0. The van der Waals surface area contributed by atoms with Crippen LogP contribution in [0.5, 0.6) is 0 Å². The smallest absolute Gasteiger partial charge is 0.282 e. The minimum atomic E-state index is -1.38. The fourth-order valence-electron chi connectivity index (χ4n) is 3.32. The average molecular weight is 348 g/mol. The first-order chi connectivity index (χ1) is 12.5. The molecule has 0 bridgehead atoms. The van der Waals surface area contributed by atoms with Crippen LogP contribution < -0.4 is 21.3 Å². The molecule has 26 heavy (non-hydrogen) atoms. The Kier molecular flexibility index (Phi) is 3.64. The number of para-hydroxylation sites is 1. The molecule has 1 amide bonds. The average Bonchev–Trinajstić information content (AvgIpc) is 2.85. The van der Waals surface area contributed by atoms with Crippen molar-refractivity contribution in [3.05, 3.63) is 59.7 Å². The molecule has 4 rings (SSSR count). The number of anilines is 2. The normalized spacial score (nSPS) is 21.2. The molecule has 132 valence electrons. The van der Waals surface area contributed by atoms with Gasteiger partial charge in [0.25, 0.3) is 11.6 Å². The molecule has 1 atom stereocenters. The second-order valence-corrected chi connectivity index (χ2v) is 6.31. The van der Waals surface area contributed by atoms with E-state index in [1.807, 2.05) is 62.4 Å². The van der Waals surface area contributed by atoms with Gasteiger partial charge in [0.1, 0.15) is 0 Å². The van der Waals surface area contributed by atoms with Crippen molar-refractivity contribution in [3.8, 4) is 0 Å². The molecule has 7 heteroatoms. The van der Waals surface area contributed by atoms with Gasteiger partial charge in [0.05, 0.1) is 5.69 Å². The van der Waals surface area contributed by atoms with Gasteiger partial charge in [-0.1, -0.05) is 35.9 Å². The van der Waals surface area contributed by atoms with E-state index in [-0.39, 0.29) is 11.9 Å². The number of nitrogens with zero attached hydrogens (tertiary/aromatic N) is 3. The third-order valence-corrected chi connectivity index (χ3v) is 4.55. The lowest BCUT2D eigenvalue weighted by Gasteiger charge is -2.27. The number of nitrogens with one attached hydrogen (secondary N) is 2. The van der Waals surface area contributed by atoms with Crippen molar-refractivity contribution in [1.29, 1.82) is 0 Å². The third-order valence-electron chi connectivity index (χ3n) is 4.55. The molecule has 0 saturated heterocycles. The monoisotopic (exact) mass is 348 g/mol. The molecule has 2 aromatic carbocycles. The minimum absolute atomic E-state index is 0.149. The van der Waals surface area contributed by atoms with Gasteiger partial charge < -0.3 is 16.0 Å². The van der Waals surface area contributed by atoms with E-state index < -0.39 is 5.66 Å². The number of hydrogen-bond acceptors (Lipinski definition) is 6. The highest BCUT2D eigenvalue weighted by atomic mass is 16.2. The molecular formula is C19H20N6O. The molecule has 0 saturated carbocycles. The molecule has 1 unspecified atom stereocenters. The Labute approximate surface area is 151 Å². The number of nitrogens with two attached hydrogens (primary N) is 1. The van der Waals surface area contributed by atoms with E-state index in [1.54, 1.807) is 4.90 Å². The Balaban J connectivity index is 1.79. The van der Waals surface area contributed by atoms with Gasteiger partial charge in [-0.05, 0) is 32.0 Å². The van der Waals surface area contributed by atoms with Crippen LogP contribution in [0.3, 0.4) is 0 Å². The first-order valence-corrected chi connectivity index (χ1v) is 8.51. The van der Waals surface area contributed by atoms with E-state index in [0.29, 0.717) is 12.5 Å². The van der Waals surface area contributed by atoms with Crippen molar-refractivity contribution < 1.29 is 4.79 Å². The van der Waals surface area contributed by atoms with E-state index >= 15 is 0 Å². The molecule has 2 aliphatic heterocycles. The van der Waals surface area contributed by atoms with E-state index in [4.69, 9.17) is 5.73 Å². The maximum atomic E-state index is 13.2. The first-order valence-electron chi connectivity index (χ1n) is 8.51. The minimum Gasteiger partial charge on any atom is -0.370 e. The highest BCUT2D eigenvalue weighted by molar-refractivity contribution is 6.14. The number of benzene rings is 2. The lowest BCUT2D eigenvalue weighted by Crippen LogP contribution is -2.51. The molecule has 0 aromatic heterocycles. The van der Waals surface area contributed by atoms with Crippen LogP contribution >= 0.6 is 0 Å². The summed E-state index contributed by atoms with van der Waals surface area (Å²) in [5.41, 5.74) is 8.19. The van der Waals surface area contributed by atoms with Crippen molar-refractivity contribution in [2.24, 2.45) is 15.7 Å². The Bertz CT molecular complexity index is 933. The molecule has 0 radical (unpaired) electrons. The van der Waals surface area contributed by atoms with E-state index in [2.05, 4.69) is 20.6 Å². The summed E-state index contributed by atoms with van der Waals surface area (Å²) in [4.78, 5) is 23.9. The highest BCUT2D eigenvalue weighted by Gasteiger charge is 2.52. The quantitative estimate of drug-likeness (QED) is 0.772. The Morgan fingerprint density at radius 2 is 1.88 bits per heavy atom. The van der Waals surface area contributed by atoms with Gasteiger partial charge in [-0.2, -0.15) is 0 Å². The molecule has 2 aromatic rings. The van der Waals surface area contributed by atoms with E-state index in [1.165, 1.54) is 0 Å². The lowest BCUT2D eigenvalue weighted by molar-refractivity contribution is -0.122. The van der Waals surface area contributed by atoms with Crippen molar-refractivity contribution in [3.63, 3.8) is 0 Å². The van der Waals surface area contributed by atoms with Gasteiger partial charge in [-0.15, -0.1) is 0 Å². The highest BCUT2D eigenvalue weighted by Crippen LogP contribution is 2.44. The van der Waals surface area contributed by atoms with Crippen molar-refractivity contribution in [2.45, 2.75) is 19.5 Å². The number of likely N-dealkylation sites (N-methyl/N-ethyl adjacent to an activating group) is 1. The Hall–Kier alpha value is -3.35. The fourth-order valence-corrected chi connectivity index (χ4v) is 3.32.